The van der Waals surface area contributed by atoms with Gasteiger partial charge >= 0.3 is 5.97 Å². The molecule has 7 nitrogen and oxygen atoms in total. The lowest BCUT2D eigenvalue weighted by Gasteiger charge is -2.21. The summed E-state index contributed by atoms with van der Waals surface area (Å²) in [4.78, 5) is 26.8. The van der Waals surface area contributed by atoms with Crippen molar-refractivity contribution in [1.29, 1.82) is 0 Å². The number of carboxylic acids is 1. The van der Waals surface area contributed by atoms with Crippen LogP contribution in [0, 0.1) is 5.92 Å². The molecule has 0 radical (unpaired) electrons. The fourth-order valence-electron chi connectivity index (χ4n) is 2.98. The van der Waals surface area contributed by atoms with E-state index in [1.54, 1.807) is 24.3 Å². The van der Waals surface area contributed by atoms with Gasteiger partial charge in [-0.2, -0.15) is 4.99 Å². The lowest BCUT2D eigenvalue weighted by atomic mass is 9.89. The summed E-state index contributed by atoms with van der Waals surface area (Å²) in [5, 5.41) is 11.8. The summed E-state index contributed by atoms with van der Waals surface area (Å²) < 4.78 is 0. The van der Waals surface area contributed by atoms with Crippen LogP contribution >= 0.6 is 0 Å². The number of guanidine groups is 1. The summed E-state index contributed by atoms with van der Waals surface area (Å²) in [5.74, 6) is -0.757. The van der Waals surface area contributed by atoms with E-state index < -0.39 is 17.9 Å². The Bertz CT molecular complexity index is 622. The number of hydrogen-bond acceptors (Lipinski definition) is 3. The molecule has 6 N–H and O–H groups in total. The summed E-state index contributed by atoms with van der Waals surface area (Å²) in [7, 11) is 0. The van der Waals surface area contributed by atoms with Crippen LogP contribution in [0.25, 0.3) is 0 Å². The molecule has 0 bridgehead atoms. The lowest BCUT2D eigenvalue weighted by molar-refractivity contribution is -0.138. The fraction of sp³-hybridized carbons (Fsp3) is 0.500. The summed E-state index contributed by atoms with van der Waals surface area (Å²) in [5.41, 5.74) is 12.4. The summed E-state index contributed by atoms with van der Waals surface area (Å²) in [6.07, 6.45) is 6.38. The van der Waals surface area contributed by atoms with E-state index in [0.717, 1.165) is 12.1 Å². The first-order valence-electron chi connectivity index (χ1n) is 8.65. The number of nitrogens with one attached hydrogen (secondary N) is 1. The highest BCUT2D eigenvalue weighted by Gasteiger charge is 2.14. The second kappa shape index (κ2) is 9.17. The maximum atomic E-state index is 12.1. The van der Waals surface area contributed by atoms with Crippen molar-refractivity contribution in [3.8, 4) is 0 Å². The van der Waals surface area contributed by atoms with Gasteiger partial charge in [0.2, 0.25) is 0 Å². The summed E-state index contributed by atoms with van der Waals surface area (Å²) in [6, 6.07) is 5.60. The number of nitrogens with zero attached hydrogens (tertiary/aromatic N) is 1. The van der Waals surface area contributed by atoms with Gasteiger partial charge in [0.1, 0.15) is 6.04 Å². The van der Waals surface area contributed by atoms with E-state index >= 15 is 0 Å². The molecule has 7 heteroatoms. The Morgan fingerprint density at radius 2 is 1.84 bits per heavy atom. The molecule has 136 valence electrons. The average molecular weight is 346 g/mol. The number of nitrogens with two attached hydrogens (primary N) is 2. The molecule has 0 aliphatic heterocycles. The number of carbonyl (C=O) groups excluding carboxylic acids is 1. The highest BCUT2D eigenvalue weighted by atomic mass is 16.4. The highest BCUT2D eigenvalue weighted by molar-refractivity contribution is 6.02. The second-order valence-electron chi connectivity index (χ2n) is 6.53. The molecule has 0 saturated heterocycles. The van der Waals surface area contributed by atoms with E-state index in [9.17, 15) is 9.59 Å². The number of carbonyl (C=O) groups is 2. The third-order valence-corrected chi connectivity index (χ3v) is 4.49. The van der Waals surface area contributed by atoms with Crippen LogP contribution in [0.3, 0.4) is 0 Å². The standard InChI is InChI=1S/C18H26N4O3/c19-15(17(24)25)10-12-6-8-14(9-7-12)16(23)22-18(20)21-11-13-4-2-1-3-5-13/h6-9,13,15H,1-5,10-11,19H2,(H,24,25)(H3,20,21,22,23)/t15-/m0/s1. The Labute approximate surface area is 147 Å². The SMILES string of the molecule is N/C(=N\C(=O)c1ccc(C[C@H](N)C(=O)O)cc1)NCC1CCCCC1. The number of amides is 1. The minimum Gasteiger partial charge on any atom is -0.480 e. The number of aliphatic carboxylic acids is 1. The first-order valence-corrected chi connectivity index (χ1v) is 8.65. The van der Waals surface area contributed by atoms with Gasteiger partial charge in [0, 0.05) is 12.1 Å². The Hall–Kier alpha value is -2.41. The Balaban J connectivity index is 1.87. The topological polar surface area (TPSA) is 131 Å². The van der Waals surface area contributed by atoms with Crippen molar-refractivity contribution in [3.05, 3.63) is 35.4 Å². The van der Waals surface area contributed by atoms with Gasteiger partial charge in [-0.3, -0.25) is 9.59 Å². The van der Waals surface area contributed by atoms with Crippen LogP contribution in [0.1, 0.15) is 48.0 Å². The largest absolute Gasteiger partial charge is 0.480 e. The Morgan fingerprint density at radius 3 is 2.44 bits per heavy atom. The first kappa shape index (κ1) is 18.9. The Kier molecular flexibility index (Phi) is 6.94. The molecule has 1 saturated carbocycles. The smallest absolute Gasteiger partial charge is 0.320 e. The zero-order chi connectivity index (χ0) is 18.2. The maximum absolute atomic E-state index is 12.1. The number of rotatable bonds is 6. The number of carboxylic acid groups (broad SMARTS) is 1. The molecule has 0 spiro atoms. The molecule has 1 fully saturated rings. The van der Waals surface area contributed by atoms with Gasteiger partial charge in [-0.25, -0.2) is 0 Å². The van der Waals surface area contributed by atoms with Gasteiger partial charge in [0.25, 0.3) is 5.91 Å². The van der Waals surface area contributed by atoms with Gasteiger partial charge in [-0.15, -0.1) is 0 Å². The molecule has 1 aliphatic carbocycles. The minimum absolute atomic E-state index is 0.132. The van der Waals surface area contributed by atoms with Crippen LogP contribution < -0.4 is 16.8 Å². The molecule has 1 aliphatic rings. The van der Waals surface area contributed by atoms with Crippen LogP contribution in [0.2, 0.25) is 0 Å². The number of benzene rings is 1. The fourth-order valence-corrected chi connectivity index (χ4v) is 2.98. The molecule has 25 heavy (non-hydrogen) atoms. The van der Waals surface area contributed by atoms with E-state index in [2.05, 4.69) is 10.3 Å². The third-order valence-electron chi connectivity index (χ3n) is 4.49. The second-order valence-corrected chi connectivity index (χ2v) is 6.53. The highest BCUT2D eigenvalue weighted by Crippen LogP contribution is 2.22. The van der Waals surface area contributed by atoms with Crippen molar-refractivity contribution in [2.24, 2.45) is 22.4 Å². The first-order chi connectivity index (χ1) is 12.0. The van der Waals surface area contributed by atoms with Crippen molar-refractivity contribution in [2.45, 2.75) is 44.6 Å². The maximum Gasteiger partial charge on any atom is 0.320 e. The summed E-state index contributed by atoms with van der Waals surface area (Å²) >= 11 is 0. The van der Waals surface area contributed by atoms with Crippen LogP contribution in [0.4, 0.5) is 0 Å². The van der Waals surface area contributed by atoms with Crippen LogP contribution in [0.5, 0.6) is 0 Å². The van der Waals surface area contributed by atoms with Crippen molar-refractivity contribution in [1.82, 2.24) is 5.32 Å². The predicted molar refractivity (Wildman–Crippen MR) is 96.3 cm³/mol. The molecular formula is C18H26N4O3. The molecule has 0 aromatic heterocycles. The predicted octanol–water partition coefficient (Wildman–Crippen LogP) is 1.27. The van der Waals surface area contributed by atoms with E-state index in [1.807, 2.05) is 0 Å². The molecule has 1 aromatic rings. The van der Waals surface area contributed by atoms with Crippen LogP contribution in [0.15, 0.2) is 29.3 Å². The molecule has 0 unspecified atom stereocenters. The number of hydrogen-bond donors (Lipinski definition) is 4. The third kappa shape index (κ3) is 6.19. The zero-order valence-electron chi connectivity index (χ0n) is 14.3. The monoisotopic (exact) mass is 346 g/mol. The average Bonchev–Trinajstić information content (AvgIpc) is 2.61. The molecule has 2 rings (SSSR count). The lowest BCUT2D eigenvalue weighted by Crippen LogP contribution is -2.36. The minimum atomic E-state index is -1.05. The summed E-state index contributed by atoms with van der Waals surface area (Å²) in [6.45, 7) is 0.745. The van der Waals surface area contributed by atoms with Gasteiger partial charge in [-0.1, -0.05) is 31.4 Å². The van der Waals surface area contributed by atoms with Crippen molar-refractivity contribution < 1.29 is 14.7 Å². The molecular weight excluding hydrogens is 320 g/mol. The van der Waals surface area contributed by atoms with E-state index in [0.29, 0.717) is 11.5 Å². The van der Waals surface area contributed by atoms with Gasteiger partial charge < -0.3 is 21.9 Å². The molecule has 1 aromatic carbocycles. The normalized spacial score (nSPS) is 17.1. The molecule has 1 atom stereocenters. The molecule has 0 heterocycles. The number of aliphatic imine (C=N–C) groups is 1. The van der Waals surface area contributed by atoms with Crippen LogP contribution in [-0.4, -0.2) is 35.5 Å². The van der Waals surface area contributed by atoms with Gasteiger partial charge in [0.15, 0.2) is 5.96 Å². The van der Waals surface area contributed by atoms with Crippen molar-refractivity contribution >= 4 is 17.8 Å². The van der Waals surface area contributed by atoms with Gasteiger partial charge in [-0.05, 0) is 42.9 Å². The zero-order valence-corrected chi connectivity index (χ0v) is 14.3. The van der Waals surface area contributed by atoms with Crippen molar-refractivity contribution in [2.75, 3.05) is 6.54 Å². The quantitative estimate of drug-likeness (QED) is 0.453. The van der Waals surface area contributed by atoms with Gasteiger partial charge in [0.05, 0.1) is 0 Å². The van der Waals surface area contributed by atoms with E-state index in [1.165, 1.54) is 32.1 Å². The van der Waals surface area contributed by atoms with E-state index in [-0.39, 0.29) is 12.4 Å². The van der Waals surface area contributed by atoms with Crippen molar-refractivity contribution in [3.63, 3.8) is 0 Å². The van der Waals surface area contributed by atoms with Crippen LogP contribution in [-0.2, 0) is 11.2 Å². The van der Waals surface area contributed by atoms with E-state index in [4.69, 9.17) is 16.6 Å². The Morgan fingerprint density at radius 1 is 1.20 bits per heavy atom. The molecule has 1 amide bonds.